The third kappa shape index (κ3) is 2.46. The molecule has 26 heavy (non-hydrogen) atoms. The van der Waals surface area contributed by atoms with E-state index in [4.69, 9.17) is 16.1 Å². The average Bonchev–Trinajstić information content (AvgIpc) is 3.25. The molecule has 4 rings (SSSR count). The Hall–Kier alpha value is -3.13. The van der Waals surface area contributed by atoms with Crippen molar-refractivity contribution in [2.75, 3.05) is 0 Å². The molecule has 1 aromatic carbocycles. The van der Waals surface area contributed by atoms with E-state index in [1.165, 1.54) is 16.2 Å². The van der Waals surface area contributed by atoms with Crippen molar-refractivity contribution in [2.24, 2.45) is 14.1 Å². The average molecular weight is 372 g/mol. The number of halogens is 1. The van der Waals surface area contributed by atoms with Gasteiger partial charge in [-0.15, -0.1) is 0 Å². The maximum atomic E-state index is 12.5. The van der Waals surface area contributed by atoms with Crippen LogP contribution in [0.1, 0.15) is 5.69 Å². The van der Waals surface area contributed by atoms with Gasteiger partial charge < -0.3 is 9.09 Å². The number of imidazole rings is 1. The predicted octanol–water partition coefficient (Wildman–Crippen LogP) is 1.79. The van der Waals surface area contributed by atoms with Gasteiger partial charge in [0.25, 0.3) is 5.56 Å². The van der Waals surface area contributed by atoms with Gasteiger partial charge in [0.2, 0.25) is 5.28 Å². The van der Waals surface area contributed by atoms with Crippen molar-refractivity contribution in [3.63, 3.8) is 0 Å². The molecule has 0 atom stereocenters. The molecule has 0 amide bonds. The van der Waals surface area contributed by atoms with Crippen LogP contribution in [-0.2, 0) is 20.6 Å². The van der Waals surface area contributed by atoms with E-state index in [9.17, 15) is 9.59 Å². The van der Waals surface area contributed by atoms with Gasteiger partial charge in [0.15, 0.2) is 16.9 Å². The lowest BCUT2D eigenvalue weighted by Gasteiger charge is -2.05. The summed E-state index contributed by atoms with van der Waals surface area (Å²) in [4.78, 5) is 28.7. The number of benzene rings is 1. The Kier molecular flexibility index (Phi) is 3.77. The molecule has 0 spiro atoms. The minimum atomic E-state index is -0.464. The molecular weight excluding hydrogens is 358 g/mol. The Balaban J connectivity index is 1.82. The Bertz CT molecular complexity index is 1230. The van der Waals surface area contributed by atoms with Gasteiger partial charge in [-0.3, -0.25) is 13.9 Å². The molecule has 0 aliphatic rings. The zero-order valence-electron chi connectivity index (χ0n) is 14.0. The van der Waals surface area contributed by atoms with E-state index >= 15 is 0 Å². The molecule has 0 saturated carbocycles. The highest BCUT2D eigenvalue weighted by molar-refractivity contribution is 6.29. The number of fused-ring (bicyclic) bond motifs is 1. The van der Waals surface area contributed by atoms with Crippen molar-refractivity contribution in [3.05, 3.63) is 68.2 Å². The van der Waals surface area contributed by atoms with Crippen molar-refractivity contribution < 1.29 is 4.52 Å². The highest BCUT2D eigenvalue weighted by Gasteiger charge is 2.19. The number of nitrogens with zero attached hydrogens (tertiary/aromatic N) is 5. The van der Waals surface area contributed by atoms with Gasteiger partial charge in [-0.05, 0) is 11.6 Å². The first-order chi connectivity index (χ1) is 12.5. The number of hydrogen-bond donors (Lipinski definition) is 0. The molecule has 0 radical (unpaired) electrons. The van der Waals surface area contributed by atoms with E-state index in [0.717, 1.165) is 10.1 Å². The minimum Gasteiger partial charge on any atom is -0.356 e. The monoisotopic (exact) mass is 371 g/mol. The minimum absolute atomic E-state index is 0.0996. The summed E-state index contributed by atoms with van der Waals surface area (Å²) in [5.41, 5.74) is 1.02. The standard InChI is InChI=1S/C17H14ClN5O3/c1-21-14-13(15(24)22(2)17(21)25)23(16(18)19-14)9-11-8-12(26-20-11)10-6-4-3-5-7-10/h3-8H,9H2,1-2H3. The predicted molar refractivity (Wildman–Crippen MR) is 96.3 cm³/mol. The first-order valence-electron chi connectivity index (χ1n) is 7.80. The van der Waals surface area contributed by atoms with Crippen LogP contribution in [0.4, 0.5) is 0 Å². The van der Waals surface area contributed by atoms with Crippen LogP contribution in [0.2, 0.25) is 5.28 Å². The van der Waals surface area contributed by atoms with Gasteiger partial charge >= 0.3 is 5.69 Å². The van der Waals surface area contributed by atoms with Gasteiger partial charge in [0, 0.05) is 25.7 Å². The molecule has 0 aliphatic carbocycles. The highest BCUT2D eigenvalue weighted by Crippen LogP contribution is 2.22. The van der Waals surface area contributed by atoms with Crippen LogP contribution >= 0.6 is 11.6 Å². The fourth-order valence-electron chi connectivity index (χ4n) is 2.85. The molecule has 0 saturated heterocycles. The van der Waals surface area contributed by atoms with Crippen LogP contribution in [-0.4, -0.2) is 23.8 Å². The third-order valence-electron chi connectivity index (χ3n) is 4.24. The van der Waals surface area contributed by atoms with E-state index in [2.05, 4.69) is 10.1 Å². The number of rotatable bonds is 3. The van der Waals surface area contributed by atoms with E-state index in [-0.39, 0.29) is 23.0 Å². The summed E-state index contributed by atoms with van der Waals surface area (Å²) in [7, 11) is 2.96. The van der Waals surface area contributed by atoms with Crippen LogP contribution in [0.5, 0.6) is 0 Å². The van der Waals surface area contributed by atoms with E-state index in [1.54, 1.807) is 13.1 Å². The second-order valence-electron chi connectivity index (χ2n) is 5.89. The van der Waals surface area contributed by atoms with Crippen molar-refractivity contribution in [3.8, 4) is 11.3 Å². The first kappa shape index (κ1) is 16.3. The smallest absolute Gasteiger partial charge is 0.332 e. The summed E-state index contributed by atoms with van der Waals surface area (Å²) < 4.78 is 9.21. The lowest BCUT2D eigenvalue weighted by molar-refractivity contribution is 0.421. The topological polar surface area (TPSA) is 87.8 Å². The van der Waals surface area contributed by atoms with Crippen LogP contribution in [0.25, 0.3) is 22.5 Å². The van der Waals surface area contributed by atoms with E-state index in [0.29, 0.717) is 11.5 Å². The molecule has 0 unspecified atom stereocenters. The summed E-state index contributed by atoms with van der Waals surface area (Å²) in [6.07, 6.45) is 0. The Morgan fingerprint density at radius 3 is 2.58 bits per heavy atom. The summed E-state index contributed by atoms with van der Waals surface area (Å²) in [5.74, 6) is 0.612. The Labute approximate surface area is 151 Å². The largest absolute Gasteiger partial charge is 0.356 e. The van der Waals surface area contributed by atoms with Crippen LogP contribution in [0.3, 0.4) is 0 Å². The summed E-state index contributed by atoms with van der Waals surface area (Å²) in [5, 5.41) is 4.15. The third-order valence-corrected chi connectivity index (χ3v) is 4.53. The fourth-order valence-corrected chi connectivity index (χ4v) is 3.08. The molecule has 9 heteroatoms. The molecule has 3 heterocycles. The Morgan fingerprint density at radius 2 is 1.85 bits per heavy atom. The normalized spacial score (nSPS) is 11.3. The van der Waals surface area contributed by atoms with E-state index < -0.39 is 11.2 Å². The van der Waals surface area contributed by atoms with Gasteiger partial charge in [-0.1, -0.05) is 35.5 Å². The lowest BCUT2D eigenvalue weighted by Crippen LogP contribution is -2.37. The second-order valence-corrected chi connectivity index (χ2v) is 6.23. The molecule has 0 fully saturated rings. The van der Waals surface area contributed by atoms with Crippen molar-refractivity contribution in [1.82, 2.24) is 23.8 Å². The molecule has 0 aliphatic heterocycles. The van der Waals surface area contributed by atoms with Gasteiger partial charge in [-0.2, -0.15) is 4.98 Å². The van der Waals surface area contributed by atoms with Gasteiger partial charge in [-0.25, -0.2) is 4.79 Å². The highest BCUT2D eigenvalue weighted by atomic mass is 35.5. The molecule has 0 N–H and O–H groups in total. The number of hydrogen-bond acceptors (Lipinski definition) is 5. The summed E-state index contributed by atoms with van der Waals surface area (Å²) >= 11 is 6.22. The molecule has 3 aromatic heterocycles. The van der Waals surface area contributed by atoms with Crippen molar-refractivity contribution in [2.45, 2.75) is 6.54 Å². The zero-order valence-corrected chi connectivity index (χ0v) is 14.8. The van der Waals surface area contributed by atoms with Crippen molar-refractivity contribution >= 4 is 22.8 Å². The Morgan fingerprint density at radius 1 is 1.12 bits per heavy atom. The maximum absolute atomic E-state index is 12.5. The molecule has 4 aromatic rings. The maximum Gasteiger partial charge on any atom is 0.332 e. The molecule has 132 valence electrons. The zero-order chi connectivity index (χ0) is 18.4. The first-order valence-corrected chi connectivity index (χ1v) is 8.18. The quantitative estimate of drug-likeness (QED) is 0.512. The summed E-state index contributed by atoms with van der Waals surface area (Å²) in [6, 6.07) is 11.3. The van der Waals surface area contributed by atoms with Crippen molar-refractivity contribution in [1.29, 1.82) is 0 Å². The number of aryl methyl sites for hydroxylation is 1. The van der Waals surface area contributed by atoms with Crippen LogP contribution < -0.4 is 11.2 Å². The number of aromatic nitrogens is 5. The SMILES string of the molecule is Cn1c(=O)c2c(nc(Cl)n2Cc2cc(-c3ccccc3)on2)n(C)c1=O. The van der Waals surface area contributed by atoms with Crippen LogP contribution in [0, 0.1) is 0 Å². The van der Waals surface area contributed by atoms with E-state index in [1.807, 2.05) is 30.3 Å². The molecular formula is C17H14ClN5O3. The second kappa shape index (κ2) is 5.99. The lowest BCUT2D eigenvalue weighted by atomic mass is 10.2. The van der Waals surface area contributed by atoms with Gasteiger partial charge in [0.05, 0.1) is 6.54 Å². The van der Waals surface area contributed by atoms with Gasteiger partial charge in [0.1, 0.15) is 5.69 Å². The molecule has 0 bridgehead atoms. The fraction of sp³-hybridized carbons (Fsp3) is 0.176. The summed E-state index contributed by atoms with van der Waals surface area (Å²) in [6.45, 7) is 0.194. The molecule has 8 nitrogen and oxygen atoms in total. The van der Waals surface area contributed by atoms with Crippen LogP contribution in [0.15, 0.2) is 50.5 Å².